The van der Waals surface area contributed by atoms with E-state index < -0.39 is 12.1 Å². The molecule has 1 aromatic carbocycles. The number of para-hydroxylation sites is 1. The molecule has 0 aliphatic carbocycles. The summed E-state index contributed by atoms with van der Waals surface area (Å²) in [5.74, 6) is -1.55. The van der Waals surface area contributed by atoms with Gasteiger partial charge in [0.25, 0.3) is 0 Å². The Hall–Kier alpha value is -2.87. The number of benzene rings is 1. The van der Waals surface area contributed by atoms with E-state index in [9.17, 15) is 13.2 Å². The first-order chi connectivity index (χ1) is 14.0. The second-order valence-corrected chi connectivity index (χ2v) is 7.62. The maximum atomic E-state index is 12.6. The third kappa shape index (κ3) is 7.18. The molecule has 2 rings (SSSR count). The summed E-state index contributed by atoms with van der Waals surface area (Å²) >= 11 is 0. The van der Waals surface area contributed by atoms with Gasteiger partial charge >= 0.3 is 12.1 Å². The van der Waals surface area contributed by atoms with Gasteiger partial charge in [0.1, 0.15) is 6.73 Å². The quantitative estimate of drug-likeness (QED) is 0.393. The largest absolute Gasteiger partial charge is 0.470 e. The van der Waals surface area contributed by atoms with Gasteiger partial charge in [-0.1, -0.05) is 43.0 Å². The van der Waals surface area contributed by atoms with Crippen molar-refractivity contribution in [2.75, 3.05) is 18.2 Å². The second-order valence-electron chi connectivity index (χ2n) is 7.62. The third-order valence-corrected chi connectivity index (χ3v) is 3.96. The minimum atomic E-state index is -4.67. The standard InChI is InChI=1S/C22H26F3N3O2/c1-6-17(13-12-16(2)19-26-27-20(30-19)22(23,24)25)14-28(15-29-21(3,4)5)18-10-8-7-9-11-18/h6-13H,1,14-15H2,2-5H3/b16-12+,17-13+. The van der Waals surface area contributed by atoms with Gasteiger partial charge in [0.15, 0.2) is 0 Å². The van der Waals surface area contributed by atoms with Crippen molar-refractivity contribution in [3.8, 4) is 0 Å². The zero-order valence-corrected chi connectivity index (χ0v) is 17.5. The van der Waals surface area contributed by atoms with Gasteiger partial charge in [-0.15, -0.1) is 10.2 Å². The summed E-state index contributed by atoms with van der Waals surface area (Å²) in [6, 6.07) is 9.77. The zero-order valence-electron chi connectivity index (χ0n) is 17.5. The summed E-state index contributed by atoms with van der Waals surface area (Å²) < 4.78 is 48.5. The second kappa shape index (κ2) is 9.75. The van der Waals surface area contributed by atoms with Crippen LogP contribution in [0.25, 0.3) is 5.57 Å². The number of alkyl halides is 3. The molecule has 0 fully saturated rings. The van der Waals surface area contributed by atoms with Crippen LogP contribution in [-0.2, 0) is 10.9 Å². The van der Waals surface area contributed by atoms with Crippen molar-refractivity contribution >= 4 is 11.3 Å². The summed E-state index contributed by atoms with van der Waals surface area (Å²) in [6.45, 7) is 12.2. The molecule has 8 heteroatoms. The van der Waals surface area contributed by atoms with E-state index in [2.05, 4.69) is 16.8 Å². The predicted octanol–water partition coefficient (Wildman–Crippen LogP) is 5.88. The van der Waals surface area contributed by atoms with Gasteiger partial charge in [0.05, 0.1) is 5.60 Å². The third-order valence-electron chi connectivity index (χ3n) is 3.96. The van der Waals surface area contributed by atoms with Crippen LogP contribution < -0.4 is 4.90 Å². The minimum Gasteiger partial charge on any atom is -0.413 e. The van der Waals surface area contributed by atoms with Crippen LogP contribution in [0.4, 0.5) is 18.9 Å². The van der Waals surface area contributed by atoms with Crippen molar-refractivity contribution in [3.05, 3.63) is 72.5 Å². The highest BCUT2D eigenvalue weighted by atomic mass is 19.4. The van der Waals surface area contributed by atoms with Gasteiger partial charge in [-0.3, -0.25) is 0 Å². The van der Waals surface area contributed by atoms with E-state index in [1.165, 1.54) is 0 Å². The number of ether oxygens (including phenoxy) is 1. The van der Waals surface area contributed by atoms with E-state index in [1.54, 1.807) is 25.2 Å². The van der Waals surface area contributed by atoms with E-state index in [0.29, 0.717) is 18.8 Å². The molecule has 0 saturated heterocycles. The molecule has 162 valence electrons. The summed E-state index contributed by atoms with van der Waals surface area (Å²) in [4.78, 5) is 2.04. The number of halogens is 3. The number of nitrogens with zero attached hydrogens (tertiary/aromatic N) is 3. The smallest absolute Gasteiger partial charge is 0.413 e. The van der Waals surface area contributed by atoms with Gasteiger partial charge in [-0.25, -0.2) is 0 Å². The Bertz CT molecular complexity index is 894. The van der Waals surface area contributed by atoms with E-state index in [-0.39, 0.29) is 11.5 Å². The average molecular weight is 421 g/mol. The van der Waals surface area contributed by atoms with Crippen LogP contribution in [0.15, 0.2) is 65.1 Å². The highest BCUT2D eigenvalue weighted by Crippen LogP contribution is 2.29. The van der Waals surface area contributed by atoms with Gasteiger partial charge in [-0.2, -0.15) is 13.2 Å². The lowest BCUT2D eigenvalue weighted by Gasteiger charge is -2.29. The lowest BCUT2D eigenvalue weighted by Crippen LogP contribution is -2.33. The zero-order chi connectivity index (χ0) is 22.4. The highest BCUT2D eigenvalue weighted by molar-refractivity contribution is 5.58. The Morgan fingerprint density at radius 2 is 1.80 bits per heavy atom. The molecule has 0 spiro atoms. The molecule has 1 aromatic heterocycles. The number of anilines is 1. The normalized spacial score (nSPS) is 13.4. The number of rotatable bonds is 8. The van der Waals surface area contributed by atoms with Crippen molar-refractivity contribution in [1.82, 2.24) is 10.2 Å². The molecule has 1 heterocycles. The number of hydrogen-bond acceptors (Lipinski definition) is 5. The summed E-state index contributed by atoms with van der Waals surface area (Å²) in [6.07, 6.45) is 0.397. The van der Waals surface area contributed by atoms with Crippen LogP contribution in [-0.4, -0.2) is 29.1 Å². The fraction of sp³-hybridized carbons (Fsp3) is 0.364. The maximum absolute atomic E-state index is 12.6. The molecule has 5 nitrogen and oxygen atoms in total. The van der Waals surface area contributed by atoms with Crippen molar-refractivity contribution < 1.29 is 22.3 Å². The van der Waals surface area contributed by atoms with Crippen molar-refractivity contribution in [1.29, 1.82) is 0 Å². The first-order valence-electron chi connectivity index (χ1n) is 9.34. The molecule has 2 aromatic rings. The Morgan fingerprint density at radius 1 is 1.13 bits per heavy atom. The summed E-state index contributed by atoms with van der Waals surface area (Å²) in [7, 11) is 0. The van der Waals surface area contributed by atoms with E-state index >= 15 is 0 Å². The van der Waals surface area contributed by atoms with Gasteiger partial charge in [0.2, 0.25) is 5.89 Å². The highest BCUT2D eigenvalue weighted by Gasteiger charge is 2.38. The van der Waals surface area contributed by atoms with Crippen LogP contribution in [0.5, 0.6) is 0 Å². The summed E-state index contributed by atoms with van der Waals surface area (Å²) in [5.41, 5.74) is 1.91. The molecule has 0 amide bonds. The molecule has 30 heavy (non-hydrogen) atoms. The van der Waals surface area contributed by atoms with Crippen LogP contribution in [0, 0.1) is 0 Å². The van der Waals surface area contributed by atoms with Crippen LogP contribution in [0.2, 0.25) is 0 Å². The predicted molar refractivity (Wildman–Crippen MR) is 111 cm³/mol. The Labute approximate surface area is 174 Å². The molecule has 0 atom stereocenters. The molecule has 0 bridgehead atoms. The van der Waals surface area contributed by atoms with Crippen LogP contribution >= 0.6 is 0 Å². The molecule has 0 aliphatic heterocycles. The van der Waals surface area contributed by atoms with Gasteiger partial charge < -0.3 is 14.1 Å². The Morgan fingerprint density at radius 3 is 2.33 bits per heavy atom. The van der Waals surface area contributed by atoms with Gasteiger partial charge in [0, 0.05) is 17.8 Å². The molecule has 0 N–H and O–H groups in total. The monoisotopic (exact) mass is 421 g/mol. The number of hydrogen-bond donors (Lipinski definition) is 0. The van der Waals surface area contributed by atoms with Gasteiger partial charge in [-0.05, 0) is 45.4 Å². The van der Waals surface area contributed by atoms with Crippen molar-refractivity contribution in [2.24, 2.45) is 0 Å². The van der Waals surface area contributed by atoms with E-state index in [0.717, 1.165) is 11.3 Å². The fourth-order valence-electron chi connectivity index (χ4n) is 2.33. The first-order valence-corrected chi connectivity index (χ1v) is 9.34. The SMILES string of the molecule is C=C/C(=C\C=C(/C)c1nnc(C(F)(F)F)o1)CN(COC(C)(C)C)c1ccccc1. The fourth-order valence-corrected chi connectivity index (χ4v) is 2.33. The molecule has 0 aliphatic rings. The minimum absolute atomic E-state index is 0.182. The van der Waals surface area contributed by atoms with Crippen molar-refractivity contribution in [2.45, 2.75) is 39.5 Å². The lowest BCUT2D eigenvalue weighted by atomic mass is 10.1. The Kier molecular flexibility index (Phi) is 7.61. The molecular formula is C22H26F3N3O2. The van der Waals surface area contributed by atoms with E-state index in [1.807, 2.05) is 56.0 Å². The molecule has 0 radical (unpaired) electrons. The summed E-state index contributed by atoms with van der Waals surface area (Å²) in [5, 5.41) is 6.50. The van der Waals surface area contributed by atoms with Crippen molar-refractivity contribution in [3.63, 3.8) is 0 Å². The van der Waals surface area contributed by atoms with E-state index in [4.69, 9.17) is 9.15 Å². The topological polar surface area (TPSA) is 51.4 Å². The van der Waals surface area contributed by atoms with Crippen LogP contribution in [0.1, 0.15) is 39.5 Å². The molecule has 0 saturated carbocycles. The lowest BCUT2D eigenvalue weighted by molar-refractivity contribution is -0.157. The average Bonchev–Trinajstić information content (AvgIpc) is 3.18. The number of aromatic nitrogens is 2. The molecular weight excluding hydrogens is 395 g/mol. The Balaban J connectivity index is 2.20. The number of allylic oxidation sites excluding steroid dienone is 3. The maximum Gasteiger partial charge on any atom is 0.470 e. The first kappa shape index (κ1) is 23.4. The van der Waals surface area contributed by atoms with Crippen LogP contribution in [0.3, 0.4) is 0 Å². The molecule has 0 unspecified atom stereocenters.